The van der Waals surface area contributed by atoms with Crippen molar-refractivity contribution in [2.24, 2.45) is 0 Å². The van der Waals surface area contributed by atoms with E-state index in [1.807, 2.05) is 18.2 Å². The van der Waals surface area contributed by atoms with E-state index in [1.165, 1.54) is 14.0 Å². The van der Waals surface area contributed by atoms with Crippen LogP contribution >= 0.6 is 0 Å². The van der Waals surface area contributed by atoms with Crippen LogP contribution in [0.4, 0.5) is 0 Å². The predicted octanol–water partition coefficient (Wildman–Crippen LogP) is 2.95. The Kier molecular flexibility index (Phi) is 11.2. The molecule has 0 aliphatic heterocycles. The Morgan fingerprint density at radius 3 is 2.33 bits per heavy atom. The molecule has 176 valence electrons. The van der Waals surface area contributed by atoms with Crippen molar-refractivity contribution in [3.05, 3.63) is 59.5 Å². The number of nitrogens with zero attached hydrogens (tertiary/aromatic N) is 2. The fourth-order valence-electron chi connectivity index (χ4n) is 2.67. The maximum Gasteiger partial charge on any atom is 0.303 e. The summed E-state index contributed by atoms with van der Waals surface area (Å²) in [6.45, 7) is 0.819. The molecule has 0 saturated carbocycles. The van der Waals surface area contributed by atoms with Gasteiger partial charge in [-0.2, -0.15) is 0 Å². The molecule has 0 unspecified atom stereocenters. The lowest BCUT2D eigenvalue weighted by Crippen LogP contribution is -2.14. The van der Waals surface area contributed by atoms with E-state index in [1.54, 1.807) is 31.5 Å². The van der Waals surface area contributed by atoms with Crippen molar-refractivity contribution < 1.29 is 33.7 Å². The minimum atomic E-state index is -0.506. The van der Waals surface area contributed by atoms with Crippen LogP contribution in [0, 0.1) is 0 Å². The first kappa shape index (κ1) is 27.2. The van der Waals surface area contributed by atoms with Crippen LogP contribution in [0.25, 0.3) is 10.9 Å². The third-order valence-corrected chi connectivity index (χ3v) is 4.28. The van der Waals surface area contributed by atoms with Crippen molar-refractivity contribution in [3.8, 4) is 11.5 Å². The van der Waals surface area contributed by atoms with Gasteiger partial charge in [0, 0.05) is 30.5 Å². The summed E-state index contributed by atoms with van der Waals surface area (Å²) in [4.78, 5) is 41.1. The van der Waals surface area contributed by atoms with Crippen molar-refractivity contribution in [1.82, 2.24) is 9.97 Å². The van der Waals surface area contributed by atoms with Crippen molar-refractivity contribution >= 4 is 28.9 Å². The maximum absolute atomic E-state index is 11.5. The molecule has 33 heavy (non-hydrogen) atoms. The first-order valence-corrected chi connectivity index (χ1v) is 9.57. The average molecular weight is 456 g/mol. The predicted molar refractivity (Wildman–Crippen MR) is 122 cm³/mol. The standard InChI is InChI=1S/C13H14O5.C10H10N2O2.CH4/c1-9(15)18-8-12(16)5-10-3-4-13(17-2)6-11(10)7-14;1-14-8-2-3-9-7(4-8)5-11-10(6-13)12-9;/h3-4,6-7H,5,8H2,1-2H3;2-5,13H,6H2,1H3;1H4. The summed E-state index contributed by atoms with van der Waals surface area (Å²) in [6.07, 6.45) is 2.39. The largest absolute Gasteiger partial charge is 0.497 e. The summed E-state index contributed by atoms with van der Waals surface area (Å²) in [5.41, 5.74) is 1.79. The Balaban J connectivity index is 0.000000328. The number of aldehydes is 1. The molecule has 0 radical (unpaired) electrons. The van der Waals surface area contributed by atoms with E-state index in [4.69, 9.17) is 14.6 Å². The monoisotopic (exact) mass is 456 g/mol. The SMILES string of the molecule is C.COc1ccc(CC(=O)COC(C)=O)c(C=O)c1.COc1ccc2nc(CO)ncc2c1. The molecule has 0 amide bonds. The highest BCUT2D eigenvalue weighted by molar-refractivity contribution is 5.87. The quantitative estimate of drug-likeness (QED) is 0.402. The Hall–Kier alpha value is -3.85. The van der Waals surface area contributed by atoms with E-state index >= 15 is 0 Å². The number of ether oxygens (including phenoxy) is 3. The van der Waals surface area contributed by atoms with Gasteiger partial charge in [-0.25, -0.2) is 9.97 Å². The number of carbonyl (C=O) groups excluding carboxylic acids is 3. The summed E-state index contributed by atoms with van der Waals surface area (Å²) in [7, 11) is 3.11. The summed E-state index contributed by atoms with van der Waals surface area (Å²) < 4.78 is 14.6. The molecule has 0 spiro atoms. The van der Waals surface area contributed by atoms with Gasteiger partial charge in [-0.3, -0.25) is 14.4 Å². The summed E-state index contributed by atoms with van der Waals surface area (Å²) in [5, 5.41) is 9.75. The lowest BCUT2D eigenvalue weighted by atomic mass is 10.0. The number of benzene rings is 2. The number of fused-ring (bicyclic) bond motifs is 1. The number of hydrogen-bond acceptors (Lipinski definition) is 9. The summed E-state index contributed by atoms with van der Waals surface area (Å²) >= 11 is 0. The number of ketones is 1. The van der Waals surface area contributed by atoms with Crippen molar-refractivity contribution in [3.63, 3.8) is 0 Å². The summed E-state index contributed by atoms with van der Waals surface area (Å²) in [5.74, 6) is 0.987. The highest BCUT2D eigenvalue weighted by Crippen LogP contribution is 2.18. The Labute approximate surface area is 192 Å². The molecule has 1 N–H and O–H groups in total. The van der Waals surface area contributed by atoms with Crippen molar-refractivity contribution in [2.75, 3.05) is 20.8 Å². The molecule has 0 bridgehead atoms. The van der Waals surface area contributed by atoms with Gasteiger partial charge in [-0.15, -0.1) is 0 Å². The Morgan fingerprint density at radius 2 is 1.73 bits per heavy atom. The molecule has 2 aromatic carbocycles. The molecule has 0 fully saturated rings. The molecule has 0 atom stereocenters. The van der Waals surface area contributed by atoms with E-state index in [0.29, 0.717) is 29.0 Å². The van der Waals surface area contributed by atoms with E-state index in [2.05, 4.69) is 14.7 Å². The number of aromatic nitrogens is 2. The van der Waals surface area contributed by atoms with E-state index in [-0.39, 0.29) is 32.8 Å². The average Bonchev–Trinajstić information content (AvgIpc) is 2.82. The first-order chi connectivity index (χ1) is 15.4. The van der Waals surface area contributed by atoms with Gasteiger partial charge in [0.15, 0.2) is 11.6 Å². The van der Waals surface area contributed by atoms with E-state index < -0.39 is 5.97 Å². The summed E-state index contributed by atoms with van der Waals surface area (Å²) in [6, 6.07) is 10.4. The fraction of sp³-hybridized carbons (Fsp3) is 0.292. The highest BCUT2D eigenvalue weighted by atomic mass is 16.5. The Bertz CT molecular complexity index is 1060. The van der Waals surface area contributed by atoms with Gasteiger partial charge in [0.2, 0.25) is 0 Å². The van der Waals surface area contributed by atoms with E-state index in [9.17, 15) is 14.4 Å². The molecular weight excluding hydrogens is 428 g/mol. The molecule has 3 aromatic rings. The smallest absolute Gasteiger partial charge is 0.303 e. The van der Waals surface area contributed by atoms with Crippen molar-refractivity contribution in [1.29, 1.82) is 0 Å². The van der Waals surface area contributed by atoms with Gasteiger partial charge in [0.1, 0.15) is 31.0 Å². The number of aliphatic hydroxyl groups excluding tert-OH is 1. The maximum atomic E-state index is 11.5. The second kappa shape index (κ2) is 13.5. The normalized spacial score (nSPS) is 9.70. The topological polar surface area (TPSA) is 125 Å². The van der Waals surface area contributed by atoms with Gasteiger partial charge in [-0.05, 0) is 35.9 Å². The van der Waals surface area contributed by atoms with Gasteiger partial charge in [0.25, 0.3) is 0 Å². The molecule has 0 saturated heterocycles. The number of hydrogen-bond donors (Lipinski definition) is 1. The molecule has 9 heteroatoms. The van der Waals surface area contributed by atoms with Crippen LogP contribution in [-0.4, -0.2) is 53.9 Å². The zero-order valence-corrected chi connectivity index (χ0v) is 18.0. The zero-order chi connectivity index (χ0) is 23.5. The minimum absolute atomic E-state index is 0. The lowest BCUT2D eigenvalue weighted by Gasteiger charge is -2.07. The van der Waals surface area contributed by atoms with Crippen LogP contribution in [0.15, 0.2) is 42.6 Å². The van der Waals surface area contributed by atoms with Crippen LogP contribution < -0.4 is 9.47 Å². The zero-order valence-electron chi connectivity index (χ0n) is 18.0. The van der Waals surface area contributed by atoms with E-state index in [0.717, 1.165) is 16.7 Å². The highest BCUT2D eigenvalue weighted by Gasteiger charge is 2.10. The second-order valence-electron chi connectivity index (χ2n) is 6.55. The number of esters is 1. The molecule has 1 heterocycles. The van der Waals surface area contributed by atoms with Crippen LogP contribution in [0.1, 0.15) is 36.1 Å². The molecule has 9 nitrogen and oxygen atoms in total. The lowest BCUT2D eigenvalue weighted by molar-refractivity contribution is -0.145. The number of methoxy groups -OCH3 is 2. The van der Waals surface area contributed by atoms with Gasteiger partial charge >= 0.3 is 5.97 Å². The Morgan fingerprint density at radius 1 is 1.06 bits per heavy atom. The van der Waals surface area contributed by atoms with Gasteiger partial charge in [-0.1, -0.05) is 13.5 Å². The third kappa shape index (κ3) is 8.30. The van der Waals surface area contributed by atoms with Crippen LogP contribution in [0.3, 0.4) is 0 Å². The molecule has 0 aliphatic carbocycles. The van der Waals surface area contributed by atoms with Crippen LogP contribution in [0.2, 0.25) is 0 Å². The number of carbonyl (C=O) groups is 3. The number of Topliss-reactive ketones (excluding diaryl/α,β-unsaturated/α-hetero) is 1. The third-order valence-electron chi connectivity index (χ3n) is 4.28. The van der Waals surface area contributed by atoms with Gasteiger partial charge < -0.3 is 19.3 Å². The van der Waals surface area contributed by atoms with Crippen molar-refractivity contribution in [2.45, 2.75) is 27.4 Å². The van der Waals surface area contributed by atoms with Crippen LogP contribution in [-0.2, 0) is 27.4 Å². The minimum Gasteiger partial charge on any atom is -0.497 e. The molecule has 1 aromatic heterocycles. The van der Waals surface area contributed by atoms with Crippen LogP contribution in [0.5, 0.6) is 11.5 Å². The fourth-order valence-corrected chi connectivity index (χ4v) is 2.67. The number of aliphatic hydroxyl groups is 1. The second-order valence-corrected chi connectivity index (χ2v) is 6.55. The first-order valence-electron chi connectivity index (χ1n) is 9.57. The molecule has 3 rings (SSSR count). The molecule has 0 aliphatic rings. The van der Waals surface area contributed by atoms with Gasteiger partial charge in [0.05, 0.1) is 19.7 Å². The number of rotatable bonds is 8. The molecular formula is C24H28N2O7.